The first kappa shape index (κ1) is 24.2. The van der Waals surface area contributed by atoms with E-state index in [4.69, 9.17) is 0 Å². The Morgan fingerprint density at radius 1 is 1.17 bits per heavy atom. The number of hydrogen-bond donors (Lipinski definition) is 1. The summed E-state index contributed by atoms with van der Waals surface area (Å²) in [6, 6.07) is 4.16. The number of aromatic nitrogens is 3. The van der Waals surface area contributed by atoms with Gasteiger partial charge in [0.25, 0.3) is 0 Å². The van der Waals surface area contributed by atoms with Crippen LogP contribution in [0.4, 0.5) is 5.13 Å². The molecule has 35 heavy (non-hydrogen) atoms. The van der Waals surface area contributed by atoms with Crippen LogP contribution in [0.3, 0.4) is 0 Å². The maximum Gasteiger partial charge on any atom is 0.248 e. The highest BCUT2D eigenvalue weighted by Gasteiger charge is 2.39. The largest absolute Gasteiger partial charge is 0.328 e. The monoisotopic (exact) mass is 534 g/mol. The first-order valence-electron chi connectivity index (χ1n) is 11.6. The molecule has 0 bridgehead atoms. The van der Waals surface area contributed by atoms with Gasteiger partial charge in [0.05, 0.1) is 18.3 Å². The van der Waals surface area contributed by atoms with Gasteiger partial charge in [0.2, 0.25) is 21.8 Å². The lowest BCUT2D eigenvalue weighted by Crippen LogP contribution is -2.58. The SMILES string of the molecule is O=C(Nc1nccs1)[C@H](CC1CCCCC1)N1CCN(S(=O)(=O)c2cccc3nsnc23)CC1=O. The molecule has 1 aromatic carbocycles. The molecule has 1 atom stereocenters. The molecule has 0 unspecified atom stereocenters. The van der Waals surface area contributed by atoms with Gasteiger partial charge in [-0.2, -0.15) is 13.1 Å². The number of benzene rings is 1. The van der Waals surface area contributed by atoms with Crippen LogP contribution in [0, 0.1) is 5.92 Å². The fraction of sp³-hybridized carbons (Fsp3) is 0.500. The second-order valence-corrected chi connectivity index (χ2v) is 12.2. The van der Waals surface area contributed by atoms with Crippen LogP contribution in [-0.4, -0.2) is 68.8 Å². The van der Waals surface area contributed by atoms with Crippen LogP contribution in [0.25, 0.3) is 11.0 Å². The number of anilines is 1. The second kappa shape index (κ2) is 10.2. The molecule has 1 N–H and O–H groups in total. The number of nitrogens with zero attached hydrogens (tertiary/aromatic N) is 5. The number of piperazine rings is 1. The summed E-state index contributed by atoms with van der Waals surface area (Å²) in [5, 5.41) is 5.11. The number of carbonyl (C=O) groups excluding carboxylic acids is 2. The highest BCUT2D eigenvalue weighted by atomic mass is 32.2. The Labute approximate surface area is 211 Å². The number of thiazole rings is 1. The van der Waals surface area contributed by atoms with Gasteiger partial charge in [-0.25, -0.2) is 13.4 Å². The van der Waals surface area contributed by atoms with Crippen molar-refractivity contribution in [2.45, 2.75) is 49.5 Å². The van der Waals surface area contributed by atoms with Crippen LogP contribution in [0.2, 0.25) is 0 Å². The molecule has 2 amide bonds. The molecule has 0 radical (unpaired) electrons. The average molecular weight is 535 g/mol. The van der Waals surface area contributed by atoms with Crippen LogP contribution in [0.15, 0.2) is 34.7 Å². The van der Waals surface area contributed by atoms with E-state index in [0.717, 1.165) is 37.4 Å². The van der Waals surface area contributed by atoms with E-state index < -0.39 is 16.1 Å². The highest BCUT2D eigenvalue weighted by molar-refractivity contribution is 7.89. The first-order valence-corrected chi connectivity index (χ1v) is 14.7. The molecule has 1 aliphatic carbocycles. The van der Waals surface area contributed by atoms with Crippen molar-refractivity contribution in [1.82, 2.24) is 22.9 Å². The van der Waals surface area contributed by atoms with Crippen molar-refractivity contribution in [3.05, 3.63) is 29.8 Å². The summed E-state index contributed by atoms with van der Waals surface area (Å²) >= 11 is 2.27. The van der Waals surface area contributed by atoms with Gasteiger partial charge >= 0.3 is 0 Å². The first-order chi connectivity index (χ1) is 16.9. The summed E-state index contributed by atoms with van der Waals surface area (Å²) in [4.78, 5) is 32.3. The van der Waals surface area contributed by atoms with Gasteiger partial charge in [-0.15, -0.1) is 11.3 Å². The zero-order valence-electron chi connectivity index (χ0n) is 19.0. The summed E-state index contributed by atoms with van der Waals surface area (Å²) in [7, 11) is -3.95. The second-order valence-electron chi connectivity index (χ2n) is 8.90. The molecule has 5 rings (SSSR count). The van der Waals surface area contributed by atoms with Gasteiger partial charge in [0, 0.05) is 24.7 Å². The van der Waals surface area contributed by atoms with Crippen molar-refractivity contribution >= 4 is 61.1 Å². The molecular weight excluding hydrogens is 508 g/mol. The number of rotatable bonds is 7. The number of amides is 2. The fourth-order valence-electron chi connectivity index (χ4n) is 4.92. The van der Waals surface area contributed by atoms with Crippen LogP contribution >= 0.6 is 23.1 Å². The Hall–Kier alpha value is -2.48. The van der Waals surface area contributed by atoms with Crippen molar-refractivity contribution < 1.29 is 18.0 Å². The van der Waals surface area contributed by atoms with E-state index in [2.05, 4.69) is 19.0 Å². The average Bonchev–Trinajstić information content (AvgIpc) is 3.55. The number of sulfonamides is 1. The summed E-state index contributed by atoms with van der Waals surface area (Å²) in [5.74, 6) is -0.285. The molecule has 2 aliphatic rings. The Balaban J connectivity index is 1.35. The number of nitrogens with one attached hydrogen (secondary N) is 1. The molecule has 186 valence electrons. The zero-order chi connectivity index (χ0) is 24.4. The van der Waals surface area contributed by atoms with Crippen molar-refractivity contribution in [2.24, 2.45) is 5.92 Å². The topological polar surface area (TPSA) is 125 Å². The van der Waals surface area contributed by atoms with E-state index in [-0.39, 0.29) is 36.3 Å². The standard InChI is InChI=1S/C22H26N6O4S3/c29-19-14-27(35(31,32)18-8-4-7-16-20(18)26-34-25-16)10-11-28(19)17(13-15-5-2-1-3-6-15)21(30)24-22-23-9-12-33-22/h4,7-9,12,15,17H,1-3,5-6,10-11,13-14H2,(H,23,24,30)/t17-/m0/s1. The van der Waals surface area contributed by atoms with Crippen LogP contribution in [-0.2, 0) is 19.6 Å². The maximum absolute atomic E-state index is 13.4. The molecule has 1 saturated carbocycles. The molecular formula is C22H26N6O4S3. The third kappa shape index (κ3) is 5.08. The fourth-order valence-corrected chi connectivity index (χ4v) is 7.58. The van der Waals surface area contributed by atoms with Gasteiger partial charge in [-0.1, -0.05) is 38.2 Å². The van der Waals surface area contributed by atoms with E-state index in [1.165, 1.54) is 28.1 Å². The Kier molecular flexibility index (Phi) is 7.09. The van der Waals surface area contributed by atoms with Crippen molar-refractivity contribution in [3.63, 3.8) is 0 Å². The molecule has 0 spiro atoms. The minimum atomic E-state index is -3.95. The minimum absolute atomic E-state index is 0.0465. The Morgan fingerprint density at radius 3 is 2.74 bits per heavy atom. The lowest BCUT2D eigenvalue weighted by molar-refractivity contribution is -0.142. The van der Waals surface area contributed by atoms with Crippen LogP contribution in [0.5, 0.6) is 0 Å². The van der Waals surface area contributed by atoms with Gasteiger partial charge in [-0.3, -0.25) is 9.59 Å². The molecule has 3 heterocycles. The Morgan fingerprint density at radius 2 is 2.00 bits per heavy atom. The summed E-state index contributed by atoms with van der Waals surface area (Å²) in [6.07, 6.45) is 7.71. The molecule has 2 aromatic heterocycles. The summed E-state index contributed by atoms with van der Waals surface area (Å²) in [6.45, 7) is -0.0677. The summed E-state index contributed by atoms with van der Waals surface area (Å²) in [5.41, 5.74) is 0.817. The molecule has 3 aromatic rings. The predicted octanol–water partition coefficient (Wildman–Crippen LogP) is 2.96. The normalized spacial score (nSPS) is 19.2. The zero-order valence-corrected chi connectivity index (χ0v) is 21.4. The predicted molar refractivity (Wildman–Crippen MR) is 134 cm³/mol. The van der Waals surface area contributed by atoms with Gasteiger partial charge in [-0.05, 0) is 24.5 Å². The van der Waals surface area contributed by atoms with E-state index >= 15 is 0 Å². The van der Waals surface area contributed by atoms with Crippen molar-refractivity contribution in [2.75, 3.05) is 25.0 Å². The van der Waals surface area contributed by atoms with E-state index in [1.54, 1.807) is 28.6 Å². The highest BCUT2D eigenvalue weighted by Crippen LogP contribution is 2.31. The molecule has 10 nitrogen and oxygen atoms in total. The summed E-state index contributed by atoms with van der Waals surface area (Å²) < 4.78 is 36.2. The third-order valence-corrected chi connectivity index (χ3v) is 9.82. The van der Waals surface area contributed by atoms with Gasteiger partial charge in [0.15, 0.2) is 5.13 Å². The smallest absolute Gasteiger partial charge is 0.248 e. The quantitative estimate of drug-likeness (QED) is 0.494. The Bertz CT molecular complexity index is 1300. The van der Waals surface area contributed by atoms with Gasteiger partial charge in [0.1, 0.15) is 22.0 Å². The molecule has 2 fully saturated rings. The van der Waals surface area contributed by atoms with Crippen LogP contribution < -0.4 is 5.32 Å². The lowest BCUT2D eigenvalue weighted by atomic mass is 9.84. The van der Waals surface area contributed by atoms with E-state index in [0.29, 0.717) is 28.5 Å². The van der Waals surface area contributed by atoms with E-state index in [9.17, 15) is 18.0 Å². The number of hydrogen-bond acceptors (Lipinski definition) is 9. The maximum atomic E-state index is 13.4. The van der Waals surface area contributed by atoms with Crippen molar-refractivity contribution in [3.8, 4) is 0 Å². The van der Waals surface area contributed by atoms with Crippen molar-refractivity contribution in [1.29, 1.82) is 0 Å². The molecule has 1 aliphatic heterocycles. The third-order valence-electron chi connectivity index (χ3n) is 6.71. The molecule has 1 saturated heterocycles. The minimum Gasteiger partial charge on any atom is -0.328 e. The number of carbonyl (C=O) groups is 2. The van der Waals surface area contributed by atoms with Crippen LogP contribution in [0.1, 0.15) is 38.5 Å². The number of fused-ring (bicyclic) bond motifs is 1. The van der Waals surface area contributed by atoms with E-state index in [1.807, 2.05) is 0 Å². The lowest BCUT2D eigenvalue weighted by Gasteiger charge is -2.39. The molecule has 13 heteroatoms. The van der Waals surface area contributed by atoms with Gasteiger partial charge < -0.3 is 10.2 Å².